The molecule has 1 aromatic heterocycles. The molecule has 1 aliphatic carbocycles. The fraction of sp³-hybridized carbons (Fsp3) is 0.733. The number of aromatic nitrogens is 1. The Morgan fingerprint density at radius 2 is 2.15 bits per heavy atom. The predicted octanol–water partition coefficient (Wildman–Crippen LogP) is 3.14. The van der Waals surface area contributed by atoms with E-state index in [1.165, 1.54) is 17.8 Å². The highest BCUT2D eigenvalue weighted by molar-refractivity contribution is 7.13. The van der Waals surface area contributed by atoms with Gasteiger partial charge >= 0.3 is 0 Å². The van der Waals surface area contributed by atoms with Gasteiger partial charge in [0.05, 0.1) is 5.69 Å². The van der Waals surface area contributed by atoms with Gasteiger partial charge in [0.15, 0.2) is 5.13 Å². The van der Waals surface area contributed by atoms with Gasteiger partial charge in [-0.25, -0.2) is 4.98 Å². The summed E-state index contributed by atoms with van der Waals surface area (Å²) in [6, 6.07) is 0. The fourth-order valence-corrected chi connectivity index (χ4v) is 3.65. The highest BCUT2D eigenvalue weighted by Gasteiger charge is 2.30. The molecule has 0 aliphatic heterocycles. The van der Waals surface area contributed by atoms with Gasteiger partial charge in [-0.2, -0.15) is 0 Å². The van der Waals surface area contributed by atoms with Crippen LogP contribution in [0, 0.1) is 11.8 Å². The third-order valence-corrected chi connectivity index (χ3v) is 4.81. The summed E-state index contributed by atoms with van der Waals surface area (Å²) in [5.74, 6) is 0.469. The molecule has 2 unspecified atom stereocenters. The molecule has 3 N–H and O–H groups in total. The molecular weight excluding hydrogens is 270 g/mol. The maximum atomic E-state index is 12.4. The summed E-state index contributed by atoms with van der Waals surface area (Å²) in [4.78, 5) is 16.9. The van der Waals surface area contributed by atoms with Crippen LogP contribution in [0.4, 0.5) is 5.13 Å². The van der Waals surface area contributed by atoms with E-state index >= 15 is 0 Å². The van der Waals surface area contributed by atoms with Crippen molar-refractivity contribution >= 4 is 22.4 Å². The maximum absolute atomic E-state index is 12.4. The second kappa shape index (κ2) is 6.22. The van der Waals surface area contributed by atoms with Crippen LogP contribution in [0.5, 0.6) is 0 Å². The van der Waals surface area contributed by atoms with E-state index in [9.17, 15) is 4.79 Å². The molecular formula is C15H25N3OS. The van der Waals surface area contributed by atoms with Gasteiger partial charge in [0.2, 0.25) is 5.91 Å². The zero-order valence-electron chi connectivity index (χ0n) is 12.6. The van der Waals surface area contributed by atoms with Crippen molar-refractivity contribution in [2.75, 3.05) is 11.9 Å². The van der Waals surface area contributed by atoms with Crippen LogP contribution >= 0.6 is 11.3 Å². The predicted molar refractivity (Wildman–Crippen MR) is 83.9 cm³/mol. The third-order valence-electron chi connectivity index (χ3n) is 4.05. The standard InChI is InChI=1S/C15H25N3OS/c1-15(2,3)12-9-20-14(17-12)18-13(19)11-7-5-4-6-10(11)8-16/h9-11H,4-8,16H2,1-3H3,(H,17,18,19). The summed E-state index contributed by atoms with van der Waals surface area (Å²) in [5.41, 5.74) is 6.84. The van der Waals surface area contributed by atoms with Crippen LogP contribution in [-0.2, 0) is 10.2 Å². The van der Waals surface area contributed by atoms with Gasteiger partial charge in [-0.05, 0) is 25.3 Å². The lowest BCUT2D eigenvalue weighted by Crippen LogP contribution is -2.35. The van der Waals surface area contributed by atoms with Crippen LogP contribution < -0.4 is 11.1 Å². The number of nitrogens with two attached hydrogens (primary N) is 1. The van der Waals surface area contributed by atoms with Crippen molar-refractivity contribution in [2.24, 2.45) is 17.6 Å². The molecule has 1 amide bonds. The zero-order valence-corrected chi connectivity index (χ0v) is 13.4. The number of nitrogens with zero attached hydrogens (tertiary/aromatic N) is 1. The van der Waals surface area contributed by atoms with E-state index in [4.69, 9.17) is 5.73 Å². The number of hydrogen-bond acceptors (Lipinski definition) is 4. The van der Waals surface area contributed by atoms with Crippen LogP contribution in [0.25, 0.3) is 0 Å². The molecule has 0 saturated heterocycles. The molecule has 20 heavy (non-hydrogen) atoms. The zero-order chi connectivity index (χ0) is 14.8. The molecule has 112 valence electrons. The van der Waals surface area contributed by atoms with Gasteiger partial charge in [-0.3, -0.25) is 4.79 Å². The average Bonchev–Trinajstić information content (AvgIpc) is 2.87. The first-order valence-corrected chi connectivity index (χ1v) is 8.26. The summed E-state index contributed by atoms with van der Waals surface area (Å²) < 4.78 is 0. The van der Waals surface area contributed by atoms with E-state index in [1.54, 1.807) is 0 Å². The molecule has 2 rings (SSSR count). The lowest BCUT2D eigenvalue weighted by atomic mass is 9.79. The van der Waals surface area contributed by atoms with Gasteiger partial charge in [0, 0.05) is 16.7 Å². The molecule has 5 heteroatoms. The maximum Gasteiger partial charge on any atom is 0.229 e. The fourth-order valence-electron chi connectivity index (χ4n) is 2.71. The van der Waals surface area contributed by atoms with Crippen LogP contribution in [0.1, 0.15) is 52.1 Å². The van der Waals surface area contributed by atoms with Crippen LogP contribution in [0.15, 0.2) is 5.38 Å². The number of anilines is 1. The van der Waals surface area contributed by atoms with E-state index in [-0.39, 0.29) is 17.2 Å². The molecule has 4 nitrogen and oxygen atoms in total. The minimum atomic E-state index is 0.0180. The van der Waals surface area contributed by atoms with E-state index in [1.807, 2.05) is 5.38 Å². The van der Waals surface area contributed by atoms with Gasteiger partial charge < -0.3 is 11.1 Å². The normalized spacial score (nSPS) is 23.6. The van der Waals surface area contributed by atoms with Crippen LogP contribution in [-0.4, -0.2) is 17.4 Å². The highest BCUT2D eigenvalue weighted by atomic mass is 32.1. The van der Waals surface area contributed by atoms with Gasteiger partial charge in [0.1, 0.15) is 0 Å². The largest absolute Gasteiger partial charge is 0.330 e. The van der Waals surface area contributed by atoms with E-state index < -0.39 is 0 Å². The molecule has 1 saturated carbocycles. The number of hydrogen-bond donors (Lipinski definition) is 2. The number of thiazole rings is 1. The Hall–Kier alpha value is -0.940. The highest BCUT2D eigenvalue weighted by Crippen LogP contribution is 2.31. The third kappa shape index (κ3) is 3.58. The molecule has 1 fully saturated rings. The Morgan fingerprint density at radius 3 is 2.75 bits per heavy atom. The summed E-state index contributed by atoms with van der Waals surface area (Å²) in [6.45, 7) is 6.97. The second-order valence-corrected chi connectivity index (χ2v) is 7.52. The molecule has 1 aromatic rings. The van der Waals surface area contributed by atoms with Crippen molar-refractivity contribution in [3.63, 3.8) is 0 Å². The van der Waals surface area contributed by atoms with Crippen LogP contribution in [0.2, 0.25) is 0 Å². The number of carbonyl (C=O) groups excluding carboxylic acids is 1. The smallest absolute Gasteiger partial charge is 0.229 e. The molecule has 1 aliphatic rings. The topological polar surface area (TPSA) is 68.0 Å². The second-order valence-electron chi connectivity index (χ2n) is 6.66. The van der Waals surface area contributed by atoms with Crippen molar-refractivity contribution in [1.29, 1.82) is 0 Å². The first-order chi connectivity index (χ1) is 9.41. The quantitative estimate of drug-likeness (QED) is 0.900. The number of amides is 1. The average molecular weight is 295 g/mol. The van der Waals surface area contributed by atoms with Crippen molar-refractivity contribution in [1.82, 2.24) is 4.98 Å². The Labute approximate surface area is 125 Å². The minimum absolute atomic E-state index is 0.0180. The van der Waals surface area contributed by atoms with Crippen molar-refractivity contribution in [3.8, 4) is 0 Å². The lowest BCUT2D eigenvalue weighted by Gasteiger charge is -2.29. The van der Waals surface area contributed by atoms with Crippen LogP contribution in [0.3, 0.4) is 0 Å². The molecule has 0 spiro atoms. The first-order valence-electron chi connectivity index (χ1n) is 7.38. The molecule has 0 bridgehead atoms. The van der Waals surface area contributed by atoms with Crippen molar-refractivity contribution < 1.29 is 4.79 Å². The van der Waals surface area contributed by atoms with Crippen molar-refractivity contribution in [2.45, 2.75) is 51.9 Å². The number of carbonyl (C=O) groups is 1. The SMILES string of the molecule is CC(C)(C)c1csc(NC(=O)C2CCCCC2CN)n1. The Morgan fingerprint density at radius 1 is 1.45 bits per heavy atom. The molecule has 0 radical (unpaired) electrons. The summed E-state index contributed by atoms with van der Waals surface area (Å²) in [5, 5.41) is 5.72. The van der Waals surface area contributed by atoms with Crippen molar-refractivity contribution in [3.05, 3.63) is 11.1 Å². The summed E-state index contributed by atoms with van der Waals surface area (Å²) in [6.07, 6.45) is 4.33. The van der Waals surface area contributed by atoms with Gasteiger partial charge in [-0.1, -0.05) is 33.6 Å². The summed E-state index contributed by atoms with van der Waals surface area (Å²) >= 11 is 1.50. The van der Waals surface area contributed by atoms with E-state index in [2.05, 4.69) is 31.1 Å². The van der Waals surface area contributed by atoms with Gasteiger partial charge in [-0.15, -0.1) is 11.3 Å². The monoisotopic (exact) mass is 295 g/mol. The van der Waals surface area contributed by atoms with E-state index in [0.717, 1.165) is 25.0 Å². The number of nitrogens with one attached hydrogen (secondary N) is 1. The summed E-state index contributed by atoms with van der Waals surface area (Å²) in [7, 11) is 0. The Kier molecular flexibility index (Phi) is 4.81. The number of rotatable bonds is 3. The molecule has 1 heterocycles. The Bertz CT molecular complexity index is 464. The first kappa shape index (κ1) is 15.4. The Balaban J connectivity index is 2.02. The lowest BCUT2D eigenvalue weighted by molar-refractivity contribution is -0.122. The van der Waals surface area contributed by atoms with E-state index in [0.29, 0.717) is 17.6 Å². The minimum Gasteiger partial charge on any atom is -0.330 e. The molecule has 0 aromatic carbocycles. The van der Waals surface area contributed by atoms with Gasteiger partial charge in [0.25, 0.3) is 0 Å². The molecule has 2 atom stereocenters.